The van der Waals surface area contributed by atoms with Crippen molar-refractivity contribution in [2.45, 2.75) is 44.2 Å². The van der Waals surface area contributed by atoms with Gasteiger partial charge in [-0.1, -0.05) is 24.6 Å². The molecule has 2 aliphatic heterocycles. The number of halogens is 1. The summed E-state index contributed by atoms with van der Waals surface area (Å²) in [5.41, 5.74) is 1.42. The van der Waals surface area contributed by atoms with Gasteiger partial charge in [0.1, 0.15) is 5.75 Å². The molecule has 0 saturated carbocycles. The molecule has 6 nitrogen and oxygen atoms in total. The lowest BCUT2D eigenvalue weighted by Gasteiger charge is -2.50. The smallest absolute Gasteiger partial charge is 0.193 e. The van der Waals surface area contributed by atoms with Crippen molar-refractivity contribution in [2.24, 2.45) is 4.99 Å². The van der Waals surface area contributed by atoms with Crippen molar-refractivity contribution in [3.63, 3.8) is 0 Å². The van der Waals surface area contributed by atoms with Crippen molar-refractivity contribution >= 4 is 29.9 Å². The van der Waals surface area contributed by atoms with Crippen LogP contribution in [0.3, 0.4) is 0 Å². The van der Waals surface area contributed by atoms with Gasteiger partial charge in [-0.3, -0.25) is 9.89 Å². The Labute approximate surface area is 200 Å². The molecule has 0 amide bonds. The number of benzene rings is 1. The van der Waals surface area contributed by atoms with E-state index < -0.39 is 0 Å². The maximum atomic E-state index is 5.52. The highest BCUT2D eigenvalue weighted by Crippen LogP contribution is 2.31. The standard InChI is InChI=1S/C23H39N5O.HI/c1-24-22(27(3)18-20-10-6-7-11-21(20)29-4)25-19-23(12-16-26(2)17-13-23)28-14-8-5-9-15-28;/h6-7,10-11H,5,8-9,12-19H2,1-4H3,(H,24,25);1H. The normalized spacial score (nSPS) is 20.3. The van der Waals surface area contributed by atoms with Gasteiger partial charge < -0.3 is 19.9 Å². The summed E-state index contributed by atoms with van der Waals surface area (Å²) in [6.07, 6.45) is 6.50. The average Bonchev–Trinajstić information content (AvgIpc) is 2.76. The molecule has 0 spiro atoms. The van der Waals surface area contributed by atoms with Crippen LogP contribution in [0.4, 0.5) is 0 Å². The molecule has 2 heterocycles. The molecule has 2 fully saturated rings. The summed E-state index contributed by atoms with van der Waals surface area (Å²) in [5.74, 6) is 1.88. The average molecular weight is 530 g/mol. The number of piperidine rings is 2. The fourth-order valence-corrected chi connectivity index (χ4v) is 4.80. The van der Waals surface area contributed by atoms with Gasteiger partial charge in [-0.2, -0.15) is 0 Å². The molecule has 0 bridgehead atoms. The van der Waals surface area contributed by atoms with E-state index in [4.69, 9.17) is 4.74 Å². The monoisotopic (exact) mass is 529 g/mol. The molecule has 3 rings (SSSR count). The van der Waals surface area contributed by atoms with E-state index >= 15 is 0 Å². The maximum absolute atomic E-state index is 5.52. The number of likely N-dealkylation sites (tertiary alicyclic amines) is 2. The first-order chi connectivity index (χ1) is 14.1. The van der Waals surface area contributed by atoms with Gasteiger partial charge in [-0.25, -0.2) is 0 Å². The fraction of sp³-hybridized carbons (Fsp3) is 0.696. The molecule has 0 aliphatic carbocycles. The molecule has 1 N–H and O–H groups in total. The summed E-state index contributed by atoms with van der Waals surface area (Å²) in [6.45, 7) is 6.55. The Morgan fingerprint density at radius 3 is 2.43 bits per heavy atom. The van der Waals surface area contributed by atoms with Crippen LogP contribution in [0.15, 0.2) is 29.3 Å². The van der Waals surface area contributed by atoms with Gasteiger partial charge in [0.15, 0.2) is 5.96 Å². The van der Waals surface area contributed by atoms with E-state index in [1.54, 1.807) is 7.11 Å². The van der Waals surface area contributed by atoms with Crippen LogP contribution in [-0.4, -0.2) is 87.2 Å². The molecule has 30 heavy (non-hydrogen) atoms. The minimum atomic E-state index is 0. The number of rotatable bonds is 6. The summed E-state index contributed by atoms with van der Waals surface area (Å²) < 4.78 is 5.52. The van der Waals surface area contributed by atoms with Crippen molar-refractivity contribution in [1.82, 2.24) is 20.0 Å². The minimum Gasteiger partial charge on any atom is -0.496 e. The topological polar surface area (TPSA) is 43.3 Å². The Bertz CT molecular complexity index is 669. The Hall–Kier alpha value is -1.06. The molecule has 7 heteroatoms. The SMILES string of the molecule is CN=C(NCC1(N2CCCCC2)CCN(C)CC1)N(C)Cc1ccccc1OC.I. The van der Waals surface area contributed by atoms with Crippen LogP contribution < -0.4 is 10.1 Å². The molecule has 170 valence electrons. The summed E-state index contributed by atoms with van der Waals surface area (Å²) in [4.78, 5) is 12.0. The highest BCUT2D eigenvalue weighted by molar-refractivity contribution is 14.0. The third kappa shape index (κ3) is 6.23. The van der Waals surface area contributed by atoms with Crippen LogP contribution in [0.1, 0.15) is 37.7 Å². The Kier molecular flexibility index (Phi) is 10.2. The van der Waals surface area contributed by atoms with E-state index in [2.05, 4.69) is 51.2 Å². The number of methoxy groups -OCH3 is 1. The summed E-state index contributed by atoms with van der Waals surface area (Å²) >= 11 is 0. The van der Waals surface area contributed by atoms with Crippen molar-refractivity contribution in [1.29, 1.82) is 0 Å². The lowest BCUT2D eigenvalue weighted by molar-refractivity contribution is 0.0170. The quantitative estimate of drug-likeness (QED) is 0.348. The zero-order chi connectivity index (χ0) is 20.7. The first-order valence-electron chi connectivity index (χ1n) is 11.1. The Morgan fingerprint density at radius 2 is 1.80 bits per heavy atom. The van der Waals surface area contributed by atoms with Gasteiger partial charge in [0.2, 0.25) is 0 Å². The number of hydrogen-bond acceptors (Lipinski definition) is 4. The first kappa shape index (κ1) is 25.2. The molecule has 0 unspecified atom stereocenters. The molecular formula is C23H40IN5O. The zero-order valence-corrected chi connectivity index (χ0v) is 21.5. The highest BCUT2D eigenvalue weighted by Gasteiger charge is 2.39. The minimum absolute atomic E-state index is 0. The number of para-hydroxylation sites is 1. The Morgan fingerprint density at radius 1 is 1.13 bits per heavy atom. The Balaban J connectivity index is 0.00000320. The van der Waals surface area contributed by atoms with Crippen LogP contribution in [-0.2, 0) is 6.54 Å². The van der Waals surface area contributed by atoms with Crippen LogP contribution >= 0.6 is 24.0 Å². The first-order valence-corrected chi connectivity index (χ1v) is 11.1. The van der Waals surface area contributed by atoms with Crippen LogP contribution in [0.25, 0.3) is 0 Å². The number of guanidine groups is 1. The second-order valence-corrected chi connectivity index (χ2v) is 8.64. The predicted molar refractivity (Wildman–Crippen MR) is 136 cm³/mol. The van der Waals surface area contributed by atoms with Crippen molar-refractivity contribution in [3.8, 4) is 5.75 Å². The molecule has 0 aromatic heterocycles. The van der Waals surface area contributed by atoms with Crippen LogP contribution in [0, 0.1) is 0 Å². The van der Waals surface area contributed by atoms with E-state index in [1.807, 2.05) is 19.2 Å². The second kappa shape index (κ2) is 12.1. The third-order valence-electron chi connectivity index (χ3n) is 6.69. The summed E-state index contributed by atoms with van der Waals surface area (Å²) in [5, 5.41) is 3.72. The van der Waals surface area contributed by atoms with Crippen LogP contribution in [0.5, 0.6) is 5.75 Å². The van der Waals surface area contributed by atoms with Crippen molar-refractivity contribution in [2.75, 3.05) is 61.0 Å². The number of nitrogens with one attached hydrogen (secondary N) is 1. The zero-order valence-electron chi connectivity index (χ0n) is 19.2. The van der Waals surface area contributed by atoms with Gasteiger partial charge >= 0.3 is 0 Å². The number of nitrogens with zero attached hydrogens (tertiary/aromatic N) is 4. The third-order valence-corrected chi connectivity index (χ3v) is 6.69. The molecule has 1 aromatic rings. The molecule has 0 radical (unpaired) electrons. The molecule has 2 aliphatic rings. The molecule has 0 atom stereocenters. The summed E-state index contributed by atoms with van der Waals surface area (Å²) in [6, 6.07) is 8.21. The fourth-order valence-electron chi connectivity index (χ4n) is 4.80. The van der Waals surface area contributed by atoms with Gasteiger partial charge in [0.05, 0.1) is 7.11 Å². The van der Waals surface area contributed by atoms with E-state index in [1.165, 1.54) is 63.8 Å². The number of aliphatic imine (C=N–C) groups is 1. The highest BCUT2D eigenvalue weighted by atomic mass is 127. The molecule has 1 aromatic carbocycles. The van der Waals surface area contributed by atoms with E-state index in [0.29, 0.717) is 0 Å². The number of hydrogen-bond donors (Lipinski definition) is 1. The van der Waals surface area contributed by atoms with E-state index in [9.17, 15) is 0 Å². The van der Waals surface area contributed by atoms with Crippen molar-refractivity contribution in [3.05, 3.63) is 29.8 Å². The molecular weight excluding hydrogens is 489 g/mol. The molecule has 2 saturated heterocycles. The lowest BCUT2D eigenvalue weighted by atomic mass is 9.84. The number of ether oxygens (including phenoxy) is 1. The maximum Gasteiger partial charge on any atom is 0.193 e. The van der Waals surface area contributed by atoms with Gasteiger partial charge in [-0.15, -0.1) is 24.0 Å². The lowest BCUT2D eigenvalue weighted by Crippen LogP contribution is -2.62. The van der Waals surface area contributed by atoms with Crippen LogP contribution in [0.2, 0.25) is 0 Å². The van der Waals surface area contributed by atoms with Gasteiger partial charge in [0, 0.05) is 38.3 Å². The van der Waals surface area contributed by atoms with E-state index in [0.717, 1.165) is 24.8 Å². The van der Waals surface area contributed by atoms with E-state index in [-0.39, 0.29) is 29.5 Å². The van der Waals surface area contributed by atoms with Crippen molar-refractivity contribution < 1.29 is 4.74 Å². The predicted octanol–water partition coefficient (Wildman–Crippen LogP) is 3.27. The van der Waals surface area contributed by atoms with Gasteiger partial charge in [0.25, 0.3) is 0 Å². The second-order valence-electron chi connectivity index (χ2n) is 8.64. The largest absolute Gasteiger partial charge is 0.496 e. The summed E-state index contributed by atoms with van der Waals surface area (Å²) in [7, 11) is 7.95. The van der Waals surface area contributed by atoms with Gasteiger partial charge in [-0.05, 0) is 65.0 Å².